The molecule has 1 unspecified atom stereocenters. The van der Waals surface area contributed by atoms with Crippen molar-refractivity contribution in [3.8, 4) is 11.5 Å². The van der Waals surface area contributed by atoms with E-state index in [1.807, 2.05) is 29.2 Å². The predicted molar refractivity (Wildman–Crippen MR) is 99.9 cm³/mol. The molecular formula is C21H24N2O3. The molecule has 4 rings (SSSR count). The maximum Gasteiger partial charge on any atom is 0.254 e. The van der Waals surface area contributed by atoms with Gasteiger partial charge in [-0.1, -0.05) is 30.3 Å². The van der Waals surface area contributed by atoms with Crippen LogP contribution in [0.25, 0.3) is 0 Å². The van der Waals surface area contributed by atoms with Crippen LogP contribution in [0.5, 0.6) is 11.5 Å². The summed E-state index contributed by atoms with van der Waals surface area (Å²) in [6.07, 6.45) is 0.863. The highest BCUT2D eigenvalue weighted by molar-refractivity contribution is 5.95. The van der Waals surface area contributed by atoms with E-state index < -0.39 is 0 Å². The minimum Gasteiger partial charge on any atom is -0.486 e. The van der Waals surface area contributed by atoms with Gasteiger partial charge in [-0.05, 0) is 37.2 Å². The molecule has 2 heterocycles. The zero-order chi connectivity index (χ0) is 17.9. The van der Waals surface area contributed by atoms with Crippen molar-refractivity contribution in [2.24, 2.45) is 0 Å². The molecule has 1 saturated heterocycles. The zero-order valence-corrected chi connectivity index (χ0v) is 15.1. The number of likely N-dealkylation sites (N-methyl/N-ethyl adjacent to an activating group) is 1. The molecule has 5 heteroatoms. The molecule has 2 aromatic rings. The number of hydrogen-bond acceptors (Lipinski definition) is 4. The second-order valence-corrected chi connectivity index (χ2v) is 6.96. The summed E-state index contributed by atoms with van der Waals surface area (Å²) >= 11 is 0. The monoisotopic (exact) mass is 352 g/mol. The van der Waals surface area contributed by atoms with Gasteiger partial charge in [0, 0.05) is 31.2 Å². The molecule has 136 valence electrons. The Morgan fingerprint density at radius 1 is 1.04 bits per heavy atom. The topological polar surface area (TPSA) is 42.0 Å². The fourth-order valence-corrected chi connectivity index (χ4v) is 3.68. The summed E-state index contributed by atoms with van der Waals surface area (Å²) in [5.41, 5.74) is 1.92. The highest BCUT2D eigenvalue weighted by atomic mass is 16.6. The minimum atomic E-state index is 0.0657. The lowest BCUT2D eigenvalue weighted by Crippen LogP contribution is -2.54. The van der Waals surface area contributed by atoms with E-state index in [0.717, 1.165) is 26.1 Å². The van der Waals surface area contributed by atoms with Crippen LogP contribution in [0.1, 0.15) is 15.9 Å². The van der Waals surface area contributed by atoms with E-state index in [4.69, 9.17) is 9.47 Å². The first-order valence-electron chi connectivity index (χ1n) is 9.14. The summed E-state index contributed by atoms with van der Waals surface area (Å²) in [7, 11) is 2.11. The summed E-state index contributed by atoms with van der Waals surface area (Å²) in [5.74, 6) is 1.44. The van der Waals surface area contributed by atoms with Crippen LogP contribution in [0.15, 0.2) is 48.5 Å². The largest absolute Gasteiger partial charge is 0.486 e. The quantitative estimate of drug-likeness (QED) is 0.851. The molecule has 5 nitrogen and oxygen atoms in total. The van der Waals surface area contributed by atoms with Crippen LogP contribution in [-0.4, -0.2) is 61.6 Å². The molecule has 2 aliphatic heterocycles. The number of carbonyl (C=O) groups is 1. The molecule has 0 spiro atoms. The maximum absolute atomic E-state index is 13.2. The van der Waals surface area contributed by atoms with E-state index in [1.54, 1.807) is 0 Å². The summed E-state index contributed by atoms with van der Waals surface area (Å²) in [6.45, 7) is 3.59. The number of hydrogen-bond donors (Lipinski definition) is 0. The van der Waals surface area contributed by atoms with E-state index in [9.17, 15) is 4.79 Å². The third kappa shape index (κ3) is 3.53. The van der Waals surface area contributed by atoms with Crippen LogP contribution in [-0.2, 0) is 6.42 Å². The number of fused-ring (bicyclic) bond motifs is 1. The predicted octanol–water partition coefficient (Wildman–Crippen LogP) is 2.46. The van der Waals surface area contributed by atoms with E-state index in [2.05, 4.69) is 36.2 Å². The van der Waals surface area contributed by atoms with Gasteiger partial charge in [-0.3, -0.25) is 4.79 Å². The number of ether oxygens (including phenoxy) is 2. The Kier molecular flexibility index (Phi) is 4.80. The van der Waals surface area contributed by atoms with E-state index >= 15 is 0 Å². The van der Waals surface area contributed by atoms with E-state index in [-0.39, 0.29) is 11.9 Å². The molecule has 0 radical (unpaired) electrons. The fourth-order valence-electron chi connectivity index (χ4n) is 3.68. The van der Waals surface area contributed by atoms with Crippen LogP contribution in [0.4, 0.5) is 0 Å². The van der Waals surface area contributed by atoms with Gasteiger partial charge < -0.3 is 19.3 Å². The molecule has 1 fully saturated rings. The van der Waals surface area contributed by atoms with Crippen molar-refractivity contribution >= 4 is 5.91 Å². The summed E-state index contributed by atoms with van der Waals surface area (Å²) < 4.78 is 11.2. The van der Waals surface area contributed by atoms with Gasteiger partial charge >= 0.3 is 0 Å². The van der Waals surface area contributed by atoms with Crippen LogP contribution < -0.4 is 9.47 Å². The number of rotatable bonds is 3. The van der Waals surface area contributed by atoms with Crippen molar-refractivity contribution in [1.29, 1.82) is 0 Å². The third-order valence-corrected chi connectivity index (χ3v) is 5.05. The van der Waals surface area contributed by atoms with Crippen LogP contribution in [0.3, 0.4) is 0 Å². The standard InChI is InChI=1S/C21H24N2O3/c1-22-9-10-23(18(15-22)13-16-5-3-2-4-6-16)21(24)17-7-8-19-20(14-17)26-12-11-25-19/h2-8,14,18H,9-13,15H2,1H3. The molecule has 1 amide bonds. The molecule has 2 aliphatic rings. The van der Waals surface area contributed by atoms with Gasteiger partial charge in [0.1, 0.15) is 13.2 Å². The van der Waals surface area contributed by atoms with E-state index in [0.29, 0.717) is 30.3 Å². The Morgan fingerprint density at radius 3 is 2.62 bits per heavy atom. The Balaban J connectivity index is 1.56. The molecule has 26 heavy (non-hydrogen) atoms. The summed E-state index contributed by atoms with van der Waals surface area (Å²) in [5, 5.41) is 0. The third-order valence-electron chi connectivity index (χ3n) is 5.05. The summed E-state index contributed by atoms with van der Waals surface area (Å²) in [4.78, 5) is 17.5. The minimum absolute atomic E-state index is 0.0657. The molecule has 1 atom stereocenters. The van der Waals surface area contributed by atoms with Crippen molar-refractivity contribution in [2.45, 2.75) is 12.5 Å². The average Bonchev–Trinajstić information content (AvgIpc) is 2.68. The Labute approximate surface area is 154 Å². The van der Waals surface area contributed by atoms with E-state index in [1.165, 1.54) is 5.56 Å². The van der Waals surface area contributed by atoms with Gasteiger partial charge in [0.05, 0.1) is 0 Å². The molecule has 0 N–H and O–H groups in total. The number of carbonyl (C=O) groups excluding carboxylic acids is 1. The second-order valence-electron chi connectivity index (χ2n) is 6.96. The highest BCUT2D eigenvalue weighted by Gasteiger charge is 2.30. The van der Waals surface area contributed by atoms with Crippen LogP contribution in [0, 0.1) is 0 Å². The molecule has 0 saturated carbocycles. The van der Waals surface area contributed by atoms with Crippen molar-refractivity contribution in [3.05, 3.63) is 59.7 Å². The van der Waals surface area contributed by atoms with Gasteiger partial charge in [-0.2, -0.15) is 0 Å². The normalized spacial score (nSPS) is 20.0. The smallest absolute Gasteiger partial charge is 0.254 e. The summed E-state index contributed by atoms with van der Waals surface area (Å²) in [6, 6.07) is 16.0. The second kappa shape index (κ2) is 7.38. The lowest BCUT2D eigenvalue weighted by molar-refractivity contribution is 0.0500. The molecule has 0 aliphatic carbocycles. The molecule has 0 bridgehead atoms. The van der Waals surface area contributed by atoms with Crippen LogP contribution >= 0.6 is 0 Å². The van der Waals surface area contributed by atoms with Crippen molar-refractivity contribution in [2.75, 3.05) is 39.9 Å². The van der Waals surface area contributed by atoms with Crippen LogP contribution in [0.2, 0.25) is 0 Å². The zero-order valence-electron chi connectivity index (χ0n) is 15.1. The number of benzene rings is 2. The van der Waals surface area contributed by atoms with Crippen molar-refractivity contribution in [1.82, 2.24) is 9.80 Å². The highest BCUT2D eigenvalue weighted by Crippen LogP contribution is 2.31. The van der Waals surface area contributed by atoms with Gasteiger partial charge in [-0.15, -0.1) is 0 Å². The first-order chi connectivity index (χ1) is 12.7. The van der Waals surface area contributed by atoms with Gasteiger partial charge in [0.15, 0.2) is 11.5 Å². The lowest BCUT2D eigenvalue weighted by Gasteiger charge is -2.40. The lowest BCUT2D eigenvalue weighted by atomic mass is 10.0. The fraction of sp³-hybridized carbons (Fsp3) is 0.381. The SMILES string of the molecule is CN1CCN(C(=O)c2ccc3c(c2)OCCO3)C(Cc2ccccc2)C1. The Hall–Kier alpha value is -2.53. The van der Waals surface area contributed by atoms with Gasteiger partial charge in [0.2, 0.25) is 0 Å². The first-order valence-corrected chi connectivity index (χ1v) is 9.14. The van der Waals surface area contributed by atoms with Gasteiger partial charge in [-0.25, -0.2) is 0 Å². The van der Waals surface area contributed by atoms with Crippen molar-refractivity contribution in [3.63, 3.8) is 0 Å². The Bertz CT molecular complexity index is 778. The Morgan fingerprint density at radius 2 is 1.81 bits per heavy atom. The molecule has 2 aromatic carbocycles. The first kappa shape index (κ1) is 16.9. The average molecular weight is 352 g/mol. The molecular weight excluding hydrogens is 328 g/mol. The number of piperazine rings is 1. The van der Waals surface area contributed by atoms with Crippen molar-refractivity contribution < 1.29 is 14.3 Å². The number of amides is 1. The molecule has 0 aromatic heterocycles. The van der Waals surface area contributed by atoms with Gasteiger partial charge in [0.25, 0.3) is 5.91 Å². The maximum atomic E-state index is 13.2. The number of nitrogens with zero attached hydrogens (tertiary/aromatic N) is 2.